The Morgan fingerprint density at radius 3 is 2.63 bits per heavy atom. The van der Waals surface area contributed by atoms with E-state index in [0.29, 0.717) is 54.4 Å². The van der Waals surface area contributed by atoms with Gasteiger partial charge in [0.25, 0.3) is 5.82 Å². The molecular weight excluding hydrogens is 401 g/mol. The molecule has 3 heterocycles. The zero-order valence-electron chi connectivity index (χ0n) is 16.3. The first-order valence-corrected chi connectivity index (χ1v) is 9.59. The summed E-state index contributed by atoms with van der Waals surface area (Å²) in [6.07, 6.45) is -3.89. The van der Waals surface area contributed by atoms with Crippen molar-refractivity contribution in [2.24, 2.45) is 5.41 Å². The van der Waals surface area contributed by atoms with E-state index < -0.39 is 18.0 Å². The van der Waals surface area contributed by atoms with Crippen LogP contribution in [0.2, 0.25) is 0 Å². The largest absolute Gasteiger partial charge is 0.486 e. The van der Waals surface area contributed by atoms with Gasteiger partial charge in [0.1, 0.15) is 19.3 Å². The number of carbonyl (C=O) groups is 1. The maximum Gasteiger partial charge on any atom is 0.453 e. The van der Waals surface area contributed by atoms with Crippen LogP contribution in [-0.4, -0.2) is 33.8 Å². The number of alkyl halides is 3. The topological polar surface area (TPSA) is 78.3 Å². The van der Waals surface area contributed by atoms with E-state index in [4.69, 9.17) is 9.47 Å². The molecule has 2 aromatic rings. The molecule has 0 saturated carbocycles. The number of aromatic nitrogens is 3. The fourth-order valence-corrected chi connectivity index (χ4v) is 4.27. The Kier molecular flexibility index (Phi) is 3.93. The van der Waals surface area contributed by atoms with Gasteiger partial charge in [0.15, 0.2) is 17.3 Å². The SMILES string of the molecule is CC1(C)CC(=O)C2=C(C1)Nc1nc(C(F)(F)F)nn1C2c1ccc2c(c1)OCCO2. The first-order valence-electron chi connectivity index (χ1n) is 9.59. The molecule has 2 aliphatic heterocycles. The lowest BCUT2D eigenvalue weighted by Gasteiger charge is -2.38. The second-order valence-electron chi connectivity index (χ2n) is 8.47. The minimum absolute atomic E-state index is 0.0357. The third-order valence-corrected chi connectivity index (χ3v) is 5.47. The predicted octanol–water partition coefficient (Wildman–Crippen LogP) is 3.73. The van der Waals surface area contributed by atoms with E-state index in [-0.39, 0.29) is 17.1 Å². The Morgan fingerprint density at radius 1 is 1.17 bits per heavy atom. The van der Waals surface area contributed by atoms with Crippen LogP contribution >= 0.6 is 0 Å². The van der Waals surface area contributed by atoms with E-state index in [2.05, 4.69) is 15.4 Å². The van der Waals surface area contributed by atoms with Gasteiger partial charge in [0.2, 0.25) is 5.95 Å². The molecule has 30 heavy (non-hydrogen) atoms. The fraction of sp³-hybridized carbons (Fsp3) is 0.450. The number of ketones is 1. The van der Waals surface area contributed by atoms with Crippen molar-refractivity contribution in [3.05, 3.63) is 40.9 Å². The van der Waals surface area contributed by atoms with Crippen LogP contribution in [0.15, 0.2) is 29.5 Å². The highest BCUT2D eigenvalue weighted by Gasteiger charge is 2.44. The molecule has 1 N–H and O–H groups in total. The quantitative estimate of drug-likeness (QED) is 0.758. The van der Waals surface area contributed by atoms with Crippen LogP contribution in [0.1, 0.15) is 44.1 Å². The Hall–Kier alpha value is -3.04. The molecule has 1 aromatic carbocycles. The van der Waals surface area contributed by atoms with Crippen LogP contribution in [0.3, 0.4) is 0 Å². The third-order valence-electron chi connectivity index (χ3n) is 5.47. The van der Waals surface area contributed by atoms with Gasteiger partial charge in [-0.3, -0.25) is 4.79 Å². The predicted molar refractivity (Wildman–Crippen MR) is 99.3 cm³/mol. The first-order chi connectivity index (χ1) is 14.1. The van der Waals surface area contributed by atoms with Crippen molar-refractivity contribution < 1.29 is 27.4 Å². The fourth-order valence-electron chi connectivity index (χ4n) is 4.27. The molecule has 0 bridgehead atoms. The zero-order chi connectivity index (χ0) is 21.3. The normalized spacial score (nSPS) is 22.3. The molecule has 0 amide bonds. The number of benzene rings is 1. The number of nitrogens with zero attached hydrogens (tertiary/aromatic N) is 3. The second-order valence-corrected chi connectivity index (χ2v) is 8.47. The number of allylic oxidation sites excluding steroid dienone is 2. The van der Waals surface area contributed by atoms with Gasteiger partial charge in [0, 0.05) is 17.7 Å². The summed E-state index contributed by atoms with van der Waals surface area (Å²) >= 11 is 0. The van der Waals surface area contributed by atoms with Crippen molar-refractivity contribution in [1.29, 1.82) is 0 Å². The van der Waals surface area contributed by atoms with Crippen LogP contribution < -0.4 is 14.8 Å². The van der Waals surface area contributed by atoms with E-state index in [1.54, 1.807) is 18.2 Å². The number of nitrogens with one attached hydrogen (secondary N) is 1. The molecule has 0 saturated heterocycles. The van der Waals surface area contributed by atoms with Crippen molar-refractivity contribution in [1.82, 2.24) is 14.8 Å². The Balaban J connectivity index is 1.69. The Morgan fingerprint density at radius 2 is 1.90 bits per heavy atom. The van der Waals surface area contributed by atoms with E-state index in [0.717, 1.165) is 4.68 Å². The summed E-state index contributed by atoms with van der Waals surface area (Å²) in [6.45, 7) is 4.70. The number of rotatable bonds is 1. The minimum atomic E-state index is -4.70. The molecule has 7 nitrogen and oxygen atoms in total. The molecular formula is C20H19F3N4O3. The second kappa shape index (κ2) is 6.23. The van der Waals surface area contributed by atoms with Crippen LogP contribution in [0, 0.1) is 5.41 Å². The number of ether oxygens (including phenoxy) is 2. The zero-order valence-corrected chi connectivity index (χ0v) is 16.3. The summed E-state index contributed by atoms with van der Waals surface area (Å²) in [4.78, 5) is 16.8. The van der Waals surface area contributed by atoms with Gasteiger partial charge in [-0.1, -0.05) is 19.9 Å². The lowest BCUT2D eigenvalue weighted by molar-refractivity contribution is -0.145. The number of hydrogen-bond donors (Lipinski definition) is 1. The van der Waals surface area contributed by atoms with Gasteiger partial charge in [-0.2, -0.15) is 18.2 Å². The van der Waals surface area contributed by atoms with Gasteiger partial charge in [-0.05, 0) is 29.5 Å². The number of carbonyl (C=O) groups excluding carboxylic acids is 1. The summed E-state index contributed by atoms with van der Waals surface area (Å²) in [5, 5.41) is 6.65. The van der Waals surface area contributed by atoms with Crippen LogP contribution in [0.25, 0.3) is 0 Å². The highest BCUT2D eigenvalue weighted by atomic mass is 19.4. The average Bonchev–Trinajstić information content (AvgIpc) is 3.09. The van der Waals surface area contributed by atoms with Crippen molar-refractivity contribution in [3.8, 4) is 11.5 Å². The average molecular weight is 420 g/mol. The Bertz CT molecular complexity index is 1090. The molecule has 3 aliphatic rings. The molecule has 1 atom stereocenters. The standard InChI is InChI=1S/C20H19F3N4O3/c1-19(2)8-11-15(12(28)9-19)16(10-3-4-13-14(7-10)30-6-5-29-13)27-18(24-11)25-17(26-27)20(21,22)23/h3-4,7,16H,5-6,8-9H2,1-2H3,(H,24,25,26). The van der Waals surface area contributed by atoms with Gasteiger partial charge in [-0.25, -0.2) is 4.68 Å². The molecule has 0 fully saturated rings. The maximum absolute atomic E-state index is 13.3. The lowest BCUT2D eigenvalue weighted by Crippen LogP contribution is -2.36. The molecule has 1 unspecified atom stereocenters. The van der Waals surface area contributed by atoms with Crippen LogP contribution in [0.4, 0.5) is 19.1 Å². The molecule has 1 aliphatic carbocycles. The van der Waals surface area contributed by atoms with Crippen LogP contribution in [-0.2, 0) is 11.0 Å². The van der Waals surface area contributed by atoms with E-state index in [1.807, 2.05) is 13.8 Å². The molecule has 158 valence electrons. The number of halogens is 3. The molecule has 0 radical (unpaired) electrons. The van der Waals surface area contributed by atoms with Gasteiger partial charge < -0.3 is 14.8 Å². The summed E-state index contributed by atoms with van der Waals surface area (Å²) in [5.74, 6) is -0.367. The summed E-state index contributed by atoms with van der Waals surface area (Å²) in [5.41, 5.74) is 1.28. The molecule has 10 heteroatoms. The number of anilines is 1. The van der Waals surface area contributed by atoms with E-state index in [1.165, 1.54) is 0 Å². The number of Topliss-reactive ketones (excluding diaryl/α,β-unsaturated/α-hetero) is 1. The highest BCUT2D eigenvalue weighted by Crippen LogP contribution is 2.47. The smallest absolute Gasteiger partial charge is 0.453 e. The Labute approximate surface area is 169 Å². The molecule has 0 spiro atoms. The van der Waals surface area contributed by atoms with E-state index >= 15 is 0 Å². The molecule has 5 rings (SSSR count). The van der Waals surface area contributed by atoms with Crippen molar-refractivity contribution in [2.45, 2.75) is 38.9 Å². The minimum Gasteiger partial charge on any atom is -0.486 e. The molecule has 1 aromatic heterocycles. The maximum atomic E-state index is 13.3. The summed E-state index contributed by atoms with van der Waals surface area (Å²) in [7, 11) is 0. The van der Waals surface area contributed by atoms with Crippen molar-refractivity contribution in [3.63, 3.8) is 0 Å². The lowest BCUT2D eigenvalue weighted by atomic mass is 9.73. The third kappa shape index (κ3) is 3.01. The summed E-state index contributed by atoms with van der Waals surface area (Å²) in [6, 6.07) is 4.28. The van der Waals surface area contributed by atoms with Crippen molar-refractivity contribution in [2.75, 3.05) is 18.5 Å². The number of fused-ring (bicyclic) bond motifs is 2. The van der Waals surface area contributed by atoms with Gasteiger partial charge in [-0.15, -0.1) is 5.10 Å². The van der Waals surface area contributed by atoms with Gasteiger partial charge >= 0.3 is 6.18 Å². The van der Waals surface area contributed by atoms with E-state index in [9.17, 15) is 18.0 Å². The first kappa shape index (κ1) is 19.0. The van der Waals surface area contributed by atoms with Crippen molar-refractivity contribution >= 4 is 11.7 Å². The number of hydrogen-bond acceptors (Lipinski definition) is 6. The van der Waals surface area contributed by atoms with Crippen LogP contribution in [0.5, 0.6) is 11.5 Å². The summed E-state index contributed by atoms with van der Waals surface area (Å²) < 4.78 is 52.3. The monoisotopic (exact) mass is 420 g/mol. The van der Waals surface area contributed by atoms with Gasteiger partial charge in [0.05, 0.1) is 0 Å². The highest BCUT2D eigenvalue weighted by molar-refractivity contribution is 6.00.